The van der Waals surface area contributed by atoms with Crippen LogP contribution in [0.15, 0.2) is 48.1 Å². The topological polar surface area (TPSA) is 81.0 Å². The maximum Gasteiger partial charge on any atom is 0.175 e. The number of imidazole rings is 1. The molecular formula is C17H19N5O2S. The molecule has 0 N–H and O–H groups in total. The number of benzene rings is 1. The van der Waals surface area contributed by atoms with E-state index in [-0.39, 0.29) is 0 Å². The average Bonchev–Trinajstić information content (AvgIpc) is 3.15. The van der Waals surface area contributed by atoms with Gasteiger partial charge in [0.2, 0.25) is 0 Å². The maximum atomic E-state index is 11.9. The lowest BCUT2D eigenvalue weighted by Crippen LogP contribution is -2.35. The van der Waals surface area contributed by atoms with E-state index in [2.05, 4.69) is 24.4 Å². The molecule has 0 aliphatic carbocycles. The highest BCUT2D eigenvalue weighted by atomic mass is 32.2. The Morgan fingerprint density at radius 1 is 1.16 bits per heavy atom. The molecule has 0 unspecified atom stereocenters. The minimum absolute atomic E-state index is 0.296. The quantitative estimate of drug-likeness (QED) is 0.714. The predicted octanol–water partition coefficient (Wildman–Crippen LogP) is 2.07. The fourth-order valence-corrected chi connectivity index (χ4v) is 4.01. The zero-order valence-electron chi connectivity index (χ0n) is 13.9. The average molecular weight is 357 g/mol. The lowest BCUT2D eigenvalue weighted by atomic mass is 10.0. The Morgan fingerprint density at radius 2 is 1.96 bits per heavy atom. The molecule has 1 saturated heterocycles. The molecule has 0 spiro atoms. The van der Waals surface area contributed by atoms with E-state index in [1.54, 1.807) is 30.7 Å². The minimum atomic E-state index is -3.26. The molecule has 0 radical (unpaired) electrons. The third-order valence-corrected chi connectivity index (χ3v) is 5.83. The molecule has 0 saturated carbocycles. The summed E-state index contributed by atoms with van der Waals surface area (Å²) < 4.78 is 25.9. The fourth-order valence-electron chi connectivity index (χ4n) is 3.37. The first-order valence-corrected chi connectivity index (χ1v) is 10.1. The van der Waals surface area contributed by atoms with Crippen LogP contribution in [0.5, 0.6) is 0 Å². The summed E-state index contributed by atoms with van der Waals surface area (Å²) >= 11 is 0. The van der Waals surface area contributed by atoms with Crippen LogP contribution in [0, 0.1) is 0 Å². The van der Waals surface area contributed by atoms with Crippen molar-refractivity contribution in [1.29, 1.82) is 0 Å². The summed E-state index contributed by atoms with van der Waals surface area (Å²) in [4.78, 5) is 15.3. The van der Waals surface area contributed by atoms with Crippen molar-refractivity contribution < 1.29 is 8.42 Å². The van der Waals surface area contributed by atoms with Crippen LogP contribution in [0.2, 0.25) is 0 Å². The van der Waals surface area contributed by atoms with Crippen LogP contribution in [0.25, 0.3) is 10.9 Å². The summed E-state index contributed by atoms with van der Waals surface area (Å²) in [6.45, 7) is 1.72. The van der Waals surface area contributed by atoms with Crippen LogP contribution in [0.3, 0.4) is 0 Å². The van der Waals surface area contributed by atoms with Gasteiger partial charge in [-0.25, -0.2) is 23.4 Å². The number of fused-ring (bicyclic) bond motifs is 1. The first kappa shape index (κ1) is 16.0. The molecule has 25 heavy (non-hydrogen) atoms. The Hall–Kier alpha value is -2.48. The van der Waals surface area contributed by atoms with Gasteiger partial charge in [0, 0.05) is 43.2 Å². The lowest BCUT2D eigenvalue weighted by molar-refractivity contribution is 0.395. The number of sulfone groups is 1. The van der Waals surface area contributed by atoms with Gasteiger partial charge in [-0.15, -0.1) is 0 Å². The van der Waals surface area contributed by atoms with Gasteiger partial charge < -0.3 is 9.47 Å². The van der Waals surface area contributed by atoms with Crippen molar-refractivity contribution in [3.05, 3.63) is 43.2 Å². The van der Waals surface area contributed by atoms with E-state index in [0.717, 1.165) is 42.7 Å². The molecule has 0 atom stereocenters. The Bertz CT molecular complexity index is 993. The van der Waals surface area contributed by atoms with E-state index in [1.165, 1.54) is 6.26 Å². The molecule has 3 aromatic rings. The fraction of sp³-hybridized carbons (Fsp3) is 0.353. The van der Waals surface area contributed by atoms with E-state index in [9.17, 15) is 8.42 Å². The van der Waals surface area contributed by atoms with Crippen LogP contribution in [-0.4, -0.2) is 47.3 Å². The van der Waals surface area contributed by atoms with Crippen molar-refractivity contribution in [3.8, 4) is 0 Å². The lowest BCUT2D eigenvalue weighted by Gasteiger charge is -2.33. The molecule has 1 fully saturated rings. The second kappa shape index (κ2) is 6.11. The van der Waals surface area contributed by atoms with Crippen molar-refractivity contribution >= 4 is 26.6 Å². The Morgan fingerprint density at radius 3 is 2.64 bits per heavy atom. The van der Waals surface area contributed by atoms with E-state index >= 15 is 0 Å². The first-order valence-electron chi connectivity index (χ1n) is 8.19. The number of rotatable bonds is 3. The van der Waals surface area contributed by atoms with Gasteiger partial charge in [0.1, 0.15) is 12.1 Å². The van der Waals surface area contributed by atoms with E-state index in [0.29, 0.717) is 10.9 Å². The van der Waals surface area contributed by atoms with Crippen molar-refractivity contribution in [2.24, 2.45) is 0 Å². The molecular weight excluding hydrogens is 338 g/mol. The summed E-state index contributed by atoms with van der Waals surface area (Å²) in [5, 5.41) is 0.784. The van der Waals surface area contributed by atoms with Crippen LogP contribution < -0.4 is 4.90 Å². The predicted molar refractivity (Wildman–Crippen MR) is 95.4 cm³/mol. The van der Waals surface area contributed by atoms with Crippen molar-refractivity contribution in [2.45, 2.75) is 23.8 Å². The van der Waals surface area contributed by atoms with Gasteiger partial charge in [-0.3, -0.25) is 0 Å². The highest BCUT2D eigenvalue weighted by Crippen LogP contribution is 2.30. The van der Waals surface area contributed by atoms with Crippen molar-refractivity contribution in [3.63, 3.8) is 0 Å². The second-order valence-corrected chi connectivity index (χ2v) is 8.39. The minimum Gasteiger partial charge on any atom is -0.356 e. The molecule has 7 nitrogen and oxygen atoms in total. The molecule has 0 bridgehead atoms. The maximum absolute atomic E-state index is 11.9. The second-order valence-electron chi connectivity index (χ2n) is 6.38. The van der Waals surface area contributed by atoms with Crippen LogP contribution >= 0.6 is 0 Å². The summed E-state index contributed by atoms with van der Waals surface area (Å²) in [7, 11) is -3.26. The number of hydrogen-bond acceptors (Lipinski definition) is 6. The molecule has 0 amide bonds. The number of anilines is 1. The van der Waals surface area contributed by atoms with E-state index in [1.807, 2.05) is 12.5 Å². The molecule has 2 aromatic heterocycles. The van der Waals surface area contributed by atoms with Gasteiger partial charge in [0.25, 0.3) is 0 Å². The Labute approximate surface area is 146 Å². The third-order valence-electron chi connectivity index (χ3n) is 4.72. The van der Waals surface area contributed by atoms with E-state index in [4.69, 9.17) is 0 Å². The monoisotopic (exact) mass is 357 g/mol. The Balaban J connectivity index is 1.65. The standard InChI is InChI=1S/C17H19N5O2S/c1-25(23,24)14-2-3-16-15(10-14)17(20-11-19-16)21-7-4-13(5-8-21)22-9-6-18-12-22/h2-3,6,9-13H,4-5,7-8H2,1H3. The van der Waals surface area contributed by atoms with E-state index < -0.39 is 9.84 Å². The molecule has 3 heterocycles. The summed E-state index contributed by atoms with van der Waals surface area (Å²) in [5.41, 5.74) is 0.758. The number of piperidine rings is 1. The van der Waals surface area contributed by atoms with Crippen LogP contribution in [-0.2, 0) is 9.84 Å². The normalized spacial score (nSPS) is 16.4. The van der Waals surface area contributed by atoms with Gasteiger partial charge in [-0.05, 0) is 31.0 Å². The summed E-state index contributed by atoms with van der Waals surface area (Å²) in [6, 6.07) is 5.47. The van der Waals surface area contributed by atoms with Crippen molar-refractivity contribution in [2.75, 3.05) is 24.2 Å². The zero-order chi connectivity index (χ0) is 17.4. The molecule has 130 valence electrons. The van der Waals surface area contributed by atoms with Gasteiger partial charge in [0.15, 0.2) is 9.84 Å². The third kappa shape index (κ3) is 3.09. The zero-order valence-corrected chi connectivity index (χ0v) is 14.7. The number of aromatic nitrogens is 4. The first-order chi connectivity index (χ1) is 12.0. The number of nitrogens with zero attached hydrogens (tertiary/aromatic N) is 5. The van der Waals surface area contributed by atoms with Gasteiger partial charge >= 0.3 is 0 Å². The molecule has 8 heteroatoms. The SMILES string of the molecule is CS(=O)(=O)c1ccc2ncnc(N3CCC(n4ccnc4)CC3)c2c1. The highest BCUT2D eigenvalue weighted by Gasteiger charge is 2.23. The molecule has 1 aliphatic heterocycles. The molecule has 1 aromatic carbocycles. The smallest absolute Gasteiger partial charge is 0.175 e. The van der Waals surface area contributed by atoms with Gasteiger partial charge in [-0.1, -0.05) is 0 Å². The van der Waals surface area contributed by atoms with Gasteiger partial charge in [-0.2, -0.15) is 0 Å². The van der Waals surface area contributed by atoms with Crippen LogP contribution in [0.4, 0.5) is 5.82 Å². The Kier molecular flexibility index (Phi) is 3.91. The summed E-state index contributed by atoms with van der Waals surface area (Å²) in [6.07, 6.45) is 10.4. The van der Waals surface area contributed by atoms with Crippen LogP contribution in [0.1, 0.15) is 18.9 Å². The number of hydrogen-bond donors (Lipinski definition) is 0. The molecule has 1 aliphatic rings. The van der Waals surface area contributed by atoms with Gasteiger partial charge in [0.05, 0.1) is 16.7 Å². The van der Waals surface area contributed by atoms with Crippen molar-refractivity contribution in [1.82, 2.24) is 19.5 Å². The highest BCUT2D eigenvalue weighted by molar-refractivity contribution is 7.90. The molecule has 4 rings (SSSR count). The summed E-state index contributed by atoms with van der Waals surface area (Å²) in [5.74, 6) is 0.805. The largest absolute Gasteiger partial charge is 0.356 e.